The topological polar surface area (TPSA) is 24.9 Å². The van der Waals surface area contributed by atoms with E-state index in [0.717, 1.165) is 34.8 Å². The van der Waals surface area contributed by atoms with Gasteiger partial charge < -0.3 is 5.32 Å². The van der Waals surface area contributed by atoms with Gasteiger partial charge in [0.05, 0.1) is 10.7 Å². The minimum atomic E-state index is -0.179. The first-order valence-electron chi connectivity index (χ1n) is 7.33. The summed E-state index contributed by atoms with van der Waals surface area (Å²) in [5, 5.41) is 6.48. The molecule has 0 atom stereocenters. The monoisotopic (exact) mass is 306 g/mol. The molecule has 1 N–H and O–H groups in total. The van der Waals surface area contributed by atoms with E-state index in [9.17, 15) is 4.39 Å². The second-order valence-corrected chi connectivity index (χ2v) is 7.19. The number of nitrogens with one attached hydrogen (secondary N) is 1. The highest BCUT2D eigenvalue weighted by Crippen LogP contribution is 2.26. The Hall–Kier alpha value is -1.26. The predicted molar refractivity (Wildman–Crippen MR) is 87.4 cm³/mol. The largest absolute Gasteiger partial charge is 0.313 e. The third-order valence-corrected chi connectivity index (χ3v) is 4.24. The number of halogens is 1. The highest BCUT2D eigenvalue weighted by molar-refractivity contribution is 7.09. The molecule has 2 rings (SSSR count). The zero-order chi connectivity index (χ0) is 15.5. The lowest BCUT2D eigenvalue weighted by Gasteiger charge is -2.14. The average molecular weight is 306 g/mol. The van der Waals surface area contributed by atoms with E-state index in [1.54, 1.807) is 17.4 Å². The molecule has 0 saturated heterocycles. The van der Waals surface area contributed by atoms with Crippen molar-refractivity contribution in [2.24, 2.45) is 0 Å². The highest BCUT2D eigenvalue weighted by Gasteiger charge is 2.17. The van der Waals surface area contributed by atoms with Gasteiger partial charge in [0.25, 0.3) is 0 Å². The van der Waals surface area contributed by atoms with Gasteiger partial charge in [0.2, 0.25) is 0 Å². The maximum atomic E-state index is 13.4. The fourth-order valence-electron chi connectivity index (χ4n) is 2.09. The lowest BCUT2D eigenvalue weighted by Crippen LogP contribution is -2.14. The molecule has 0 radical (unpaired) electrons. The summed E-state index contributed by atoms with van der Waals surface area (Å²) in [5.41, 5.74) is 3.36. The number of hydrogen-bond acceptors (Lipinski definition) is 3. The molecule has 0 unspecified atom stereocenters. The van der Waals surface area contributed by atoms with Crippen LogP contribution in [0, 0.1) is 5.82 Å². The summed E-state index contributed by atoms with van der Waals surface area (Å²) in [7, 11) is 0. The number of aromatic nitrogens is 1. The predicted octanol–water partition coefficient (Wildman–Crippen LogP) is 4.28. The zero-order valence-corrected chi connectivity index (χ0v) is 14.0. The van der Waals surface area contributed by atoms with Gasteiger partial charge in [-0.15, -0.1) is 11.3 Å². The fraction of sp³-hybridized carbons (Fsp3) is 0.471. The van der Waals surface area contributed by atoms with Crippen LogP contribution in [0.1, 0.15) is 49.5 Å². The lowest BCUT2D eigenvalue weighted by atomic mass is 9.93. The Kier molecular flexibility index (Phi) is 5.12. The van der Waals surface area contributed by atoms with Gasteiger partial charge in [-0.3, -0.25) is 0 Å². The molecule has 0 bridgehead atoms. The van der Waals surface area contributed by atoms with Gasteiger partial charge >= 0.3 is 0 Å². The number of hydrogen-bond donors (Lipinski definition) is 1. The maximum absolute atomic E-state index is 13.4. The molecule has 0 saturated carbocycles. The van der Waals surface area contributed by atoms with Crippen molar-refractivity contribution in [3.8, 4) is 0 Å². The van der Waals surface area contributed by atoms with Gasteiger partial charge in [-0.2, -0.15) is 0 Å². The molecule has 1 aromatic carbocycles. The summed E-state index contributed by atoms with van der Waals surface area (Å²) in [6.45, 7) is 10.1. The molecular formula is C17H23FN2S. The summed E-state index contributed by atoms with van der Waals surface area (Å²) in [6.07, 6.45) is 0.766. The highest BCUT2D eigenvalue weighted by atomic mass is 32.1. The Balaban J connectivity index is 2.20. The number of benzene rings is 1. The first kappa shape index (κ1) is 16.1. The molecule has 0 amide bonds. The van der Waals surface area contributed by atoms with Crippen LogP contribution >= 0.6 is 11.3 Å². The Morgan fingerprint density at radius 1 is 1.24 bits per heavy atom. The first-order chi connectivity index (χ1) is 9.90. The van der Waals surface area contributed by atoms with E-state index < -0.39 is 0 Å². The van der Waals surface area contributed by atoms with Crippen molar-refractivity contribution in [2.75, 3.05) is 6.54 Å². The van der Waals surface area contributed by atoms with E-state index in [2.05, 4.69) is 38.4 Å². The number of thiazole rings is 1. The fourth-order valence-corrected chi connectivity index (χ4v) is 3.13. The van der Waals surface area contributed by atoms with Gasteiger partial charge in [0.15, 0.2) is 0 Å². The SMILES string of the molecule is CCNCc1cc(F)ccc1Cc1nc(C(C)(C)C)cs1. The third kappa shape index (κ3) is 4.35. The van der Waals surface area contributed by atoms with E-state index in [1.165, 1.54) is 6.07 Å². The summed E-state index contributed by atoms with van der Waals surface area (Å²) < 4.78 is 13.4. The van der Waals surface area contributed by atoms with E-state index in [1.807, 2.05) is 6.07 Å². The summed E-state index contributed by atoms with van der Waals surface area (Å²) >= 11 is 1.68. The molecule has 0 aliphatic rings. The van der Waals surface area contributed by atoms with E-state index in [4.69, 9.17) is 4.98 Å². The van der Waals surface area contributed by atoms with Crippen molar-refractivity contribution in [2.45, 2.75) is 46.1 Å². The molecule has 0 fully saturated rings. The van der Waals surface area contributed by atoms with Gasteiger partial charge in [-0.25, -0.2) is 9.37 Å². The molecule has 1 aromatic heterocycles. The van der Waals surface area contributed by atoms with Crippen LogP contribution in [-0.4, -0.2) is 11.5 Å². The number of nitrogens with zero attached hydrogens (tertiary/aromatic N) is 1. The maximum Gasteiger partial charge on any atom is 0.123 e. The van der Waals surface area contributed by atoms with E-state index >= 15 is 0 Å². The summed E-state index contributed by atoms with van der Waals surface area (Å²) in [5.74, 6) is -0.179. The first-order valence-corrected chi connectivity index (χ1v) is 8.21. The van der Waals surface area contributed by atoms with Crippen LogP contribution in [0.2, 0.25) is 0 Å². The van der Waals surface area contributed by atoms with Gasteiger partial charge in [0, 0.05) is 23.8 Å². The Bertz CT molecular complexity index is 599. The van der Waals surface area contributed by atoms with Crippen molar-refractivity contribution in [3.63, 3.8) is 0 Å². The lowest BCUT2D eigenvalue weighted by molar-refractivity contribution is 0.571. The molecule has 4 heteroatoms. The third-order valence-electron chi connectivity index (χ3n) is 3.40. The van der Waals surface area contributed by atoms with Crippen molar-refractivity contribution in [3.05, 3.63) is 51.2 Å². The molecule has 1 heterocycles. The zero-order valence-electron chi connectivity index (χ0n) is 13.2. The van der Waals surface area contributed by atoms with Gasteiger partial charge in [-0.05, 0) is 29.8 Å². The molecule has 2 nitrogen and oxygen atoms in total. The molecule has 0 spiro atoms. The molecule has 114 valence electrons. The van der Waals surface area contributed by atoms with Gasteiger partial charge in [-0.1, -0.05) is 33.8 Å². The van der Waals surface area contributed by atoms with E-state index in [0.29, 0.717) is 6.54 Å². The van der Waals surface area contributed by atoms with Crippen LogP contribution in [0.15, 0.2) is 23.6 Å². The van der Waals surface area contributed by atoms with E-state index in [-0.39, 0.29) is 11.2 Å². The molecule has 2 aromatic rings. The van der Waals surface area contributed by atoms with Crippen molar-refractivity contribution < 1.29 is 4.39 Å². The van der Waals surface area contributed by atoms with Crippen LogP contribution in [0.3, 0.4) is 0 Å². The van der Waals surface area contributed by atoms with Crippen LogP contribution in [0.25, 0.3) is 0 Å². The Labute approximate surface area is 130 Å². The molecule has 0 aliphatic heterocycles. The second kappa shape index (κ2) is 6.67. The quantitative estimate of drug-likeness (QED) is 0.892. The number of rotatable bonds is 5. The summed E-state index contributed by atoms with van der Waals surface area (Å²) in [6, 6.07) is 5.03. The normalized spacial score (nSPS) is 11.9. The smallest absolute Gasteiger partial charge is 0.123 e. The Morgan fingerprint density at radius 3 is 2.62 bits per heavy atom. The van der Waals surface area contributed by atoms with Crippen LogP contribution in [0.4, 0.5) is 4.39 Å². The van der Waals surface area contributed by atoms with Gasteiger partial charge in [0.1, 0.15) is 5.82 Å². The standard InChI is InChI=1S/C17H23FN2S/c1-5-19-10-13-8-14(18)7-6-12(13)9-16-20-15(11-21-16)17(2,3)4/h6-8,11,19H,5,9-10H2,1-4H3. The minimum absolute atomic E-state index is 0.0736. The summed E-state index contributed by atoms with van der Waals surface area (Å²) in [4.78, 5) is 4.72. The van der Waals surface area contributed by atoms with Crippen LogP contribution in [-0.2, 0) is 18.4 Å². The average Bonchev–Trinajstić information content (AvgIpc) is 2.87. The van der Waals surface area contributed by atoms with Crippen LogP contribution in [0.5, 0.6) is 0 Å². The van der Waals surface area contributed by atoms with Crippen molar-refractivity contribution >= 4 is 11.3 Å². The second-order valence-electron chi connectivity index (χ2n) is 6.25. The molecular weight excluding hydrogens is 283 g/mol. The minimum Gasteiger partial charge on any atom is -0.313 e. The Morgan fingerprint density at radius 2 is 2.00 bits per heavy atom. The molecule has 21 heavy (non-hydrogen) atoms. The van der Waals surface area contributed by atoms with Crippen LogP contribution < -0.4 is 5.32 Å². The molecule has 0 aliphatic carbocycles. The van der Waals surface area contributed by atoms with Crippen molar-refractivity contribution in [1.82, 2.24) is 10.3 Å². The van der Waals surface area contributed by atoms with Crippen molar-refractivity contribution in [1.29, 1.82) is 0 Å².